The van der Waals surface area contributed by atoms with Crippen LogP contribution in [0, 0.1) is 40.6 Å². The van der Waals surface area contributed by atoms with Crippen LogP contribution in [0.25, 0.3) is 0 Å². The molecule has 43 heavy (non-hydrogen) atoms. The van der Waals surface area contributed by atoms with Gasteiger partial charge in [0.05, 0.1) is 10.8 Å². The molecule has 0 spiro atoms. The van der Waals surface area contributed by atoms with Gasteiger partial charge in [-0.3, -0.25) is 4.98 Å². The van der Waals surface area contributed by atoms with E-state index in [1.165, 1.54) is 18.2 Å². The number of alkyl halides is 2. The molecule has 0 saturated heterocycles. The second kappa shape index (κ2) is 11.8. The predicted octanol–water partition coefficient (Wildman–Crippen LogP) is 5.75. The van der Waals surface area contributed by atoms with Crippen LogP contribution in [0.1, 0.15) is 33.5 Å². The average Bonchev–Trinajstić information content (AvgIpc) is 2.98. The van der Waals surface area contributed by atoms with E-state index in [2.05, 4.69) is 27.1 Å². The Bertz CT molecular complexity index is 1840. The van der Waals surface area contributed by atoms with Crippen LogP contribution in [0.4, 0.5) is 22.0 Å². The fraction of sp³-hybridized carbons (Fsp3) is 0.129. The first kappa shape index (κ1) is 29.0. The molecule has 4 aromatic rings. The van der Waals surface area contributed by atoms with E-state index in [1.54, 1.807) is 30.3 Å². The van der Waals surface area contributed by atoms with E-state index in [1.807, 2.05) is 0 Å². The molecule has 1 unspecified atom stereocenters. The van der Waals surface area contributed by atoms with Gasteiger partial charge in [0.15, 0.2) is 5.60 Å². The summed E-state index contributed by atoms with van der Waals surface area (Å²) in [5, 5.41) is 27.0. The second-order valence-corrected chi connectivity index (χ2v) is 9.40. The molecule has 214 valence electrons. The van der Waals surface area contributed by atoms with Gasteiger partial charge in [-0.05, 0) is 54.1 Å². The van der Waals surface area contributed by atoms with Crippen LogP contribution in [0.5, 0.6) is 5.75 Å². The van der Waals surface area contributed by atoms with Crippen molar-refractivity contribution in [3.8, 4) is 23.7 Å². The minimum Gasteiger partial charge on any atom is -0.489 e. The van der Waals surface area contributed by atoms with Crippen LogP contribution in [-0.2, 0) is 18.1 Å². The quantitative estimate of drug-likeness (QED) is 0.161. The highest BCUT2D eigenvalue weighted by Gasteiger charge is 2.59. The molecule has 1 aromatic heterocycles. The monoisotopic (exact) mass is 588 g/mol. The molecule has 12 heteroatoms. The van der Waals surface area contributed by atoms with Gasteiger partial charge < -0.3 is 9.84 Å². The minimum absolute atomic E-state index is 0.121. The molecule has 0 aliphatic carbocycles. The van der Waals surface area contributed by atoms with Gasteiger partial charge in [-0.25, -0.2) is 13.2 Å². The van der Waals surface area contributed by atoms with Crippen molar-refractivity contribution in [1.82, 2.24) is 4.98 Å². The van der Waals surface area contributed by atoms with Gasteiger partial charge in [0, 0.05) is 40.1 Å². The molecule has 7 nitrogen and oxygen atoms in total. The molecule has 5 rings (SSSR count). The standard InChI is InChI=1S/C31H19F5N5O2/c32-24-8-10-26(28(34)14-24)30(42,18-41-19-39-40-41)31(35,36)29-12-7-21(16-38-29)4-1-20-2-5-22(6-3-20)17-43-25-9-11-27(33)23(13-25)15-37/h2-3,5-14,16,19,42H,17-18H2/q+1. The number of nitrogens with zero attached hydrogens (tertiary/aromatic N) is 5. The summed E-state index contributed by atoms with van der Waals surface area (Å²) in [6.45, 7) is -0.711. The minimum atomic E-state index is -4.14. The number of hydrogen-bond acceptors (Lipinski definition) is 6. The van der Waals surface area contributed by atoms with E-state index in [4.69, 9.17) is 10.00 Å². The topological polar surface area (TPSA) is 93.9 Å². The molecule has 3 aromatic carbocycles. The number of benzene rings is 3. The lowest BCUT2D eigenvalue weighted by Gasteiger charge is -2.35. The van der Waals surface area contributed by atoms with E-state index >= 15 is 8.78 Å². The second-order valence-electron chi connectivity index (χ2n) is 9.40. The summed E-state index contributed by atoms with van der Waals surface area (Å²) in [5.74, 6) is -1.08. The molecule has 0 bridgehead atoms. The number of aromatic nitrogens is 1. The Hall–Kier alpha value is -5.46. The summed E-state index contributed by atoms with van der Waals surface area (Å²) in [6, 6.07) is 16.7. The van der Waals surface area contributed by atoms with Crippen LogP contribution < -0.4 is 4.74 Å². The third-order valence-electron chi connectivity index (χ3n) is 6.49. The Kier molecular flexibility index (Phi) is 7.97. The van der Waals surface area contributed by atoms with E-state index in [0.29, 0.717) is 17.4 Å². The van der Waals surface area contributed by atoms with E-state index < -0.39 is 46.8 Å². The van der Waals surface area contributed by atoms with Crippen LogP contribution >= 0.6 is 0 Å². The third kappa shape index (κ3) is 6.10. The Labute approximate surface area is 241 Å². The maximum atomic E-state index is 15.8. The lowest BCUT2D eigenvalue weighted by Crippen LogP contribution is -2.50. The summed E-state index contributed by atoms with van der Waals surface area (Å²) in [7, 11) is 0. The van der Waals surface area contributed by atoms with E-state index in [9.17, 15) is 18.3 Å². The molecule has 0 fully saturated rings. The molecule has 2 heterocycles. The van der Waals surface area contributed by atoms with Crippen molar-refractivity contribution in [1.29, 1.82) is 5.26 Å². The number of ether oxygens (including phenoxy) is 1. The summed E-state index contributed by atoms with van der Waals surface area (Å²) in [5.41, 5.74) is -3.33. The van der Waals surface area contributed by atoms with Crippen LogP contribution in [0.15, 0.2) is 89.3 Å². The summed E-state index contributed by atoms with van der Waals surface area (Å²) < 4.78 is 79.6. The maximum absolute atomic E-state index is 15.8. The number of rotatable bonds is 8. The molecule has 1 atom stereocenters. The van der Waals surface area contributed by atoms with Gasteiger partial charge in [-0.15, -0.1) is 4.70 Å². The zero-order valence-electron chi connectivity index (χ0n) is 22.0. The fourth-order valence-electron chi connectivity index (χ4n) is 4.15. The van der Waals surface area contributed by atoms with Crippen molar-refractivity contribution in [2.24, 2.45) is 10.3 Å². The summed E-state index contributed by atoms with van der Waals surface area (Å²) in [6.07, 6.45) is 2.17. The molecular weight excluding hydrogens is 569 g/mol. The van der Waals surface area contributed by atoms with Crippen LogP contribution in [-0.4, -0.2) is 27.7 Å². The molecule has 0 radical (unpaired) electrons. The lowest BCUT2D eigenvalue weighted by atomic mass is 9.84. The Balaban J connectivity index is 1.30. The molecule has 1 aliphatic heterocycles. The van der Waals surface area contributed by atoms with Gasteiger partial charge in [0.25, 0.3) is 6.34 Å². The largest absolute Gasteiger partial charge is 0.489 e. The number of hydrogen-bond donors (Lipinski definition) is 1. The maximum Gasteiger partial charge on any atom is 0.325 e. The lowest BCUT2D eigenvalue weighted by molar-refractivity contribution is -0.527. The highest BCUT2D eigenvalue weighted by atomic mass is 19.3. The third-order valence-corrected chi connectivity index (χ3v) is 6.49. The van der Waals surface area contributed by atoms with Crippen LogP contribution in [0.2, 0.25) is 0 Å². The van der Waals surface area contributed by atoms with Crippen molar-refractivity contribution in [2.45, 2.75) is 18.1 Å². The number of aliphatic hydroxyl groups is 1. The van der Waals surface area contributed by atoms with Crippen molar-refractivity contribution < 1.29 is 36.5 Å². The molecule has 0 saturated carbocycles. The molecule has 1 N–H and O–H groups in total. The fourth-order valence-corrected chi connectivity index (χ4v) is 4.15. The summed E-state index contributed by atoms with van der Waals surface area (Å²) >= 11 is 0. The number of nitriles is 1. The highest BCUT2D eigenvalue weighted by Crippen LogP contribution is 2.46. The number of β-amino-alcohol motifs (C(OH)–C–C–N with tert-alkyl or cyclic N) is 1. The van der Waals surface area contributed by atoms with Gasteiger partial charge >= 0.3 is 5.92 Å². The van der Waals surface area contributed by atoms with Gasteiger partial charge in [-0.1, -0.05) is 24.0 Å². The number of pyridine rings is 1. The van der Waals surface area contributed by atoms with Crippen molar-refractivity contribution in [3.63, 3.8) is 0 Å². The SMILES string of the molecule is N#Cc1cc(OCc2ccc(C#Cc3ccc(C(F)(F)C(O)(C[N+]4=NN=C4)c4ccc(F)cc4F)nc3)cc2)ccc1F. The van der Waals surface area contributed by atoms with Crippen LogP contribution in [0.3, 0.4) is 0 Å². The van der Waals surface area contributed by atoms with Crippen molar-refractivity contribution in [2.75, 3.05) is 6.54 Å². The van der Waals surface area contributed by atoms with Crippen molar-refractivity contribution >= 4 is 6.34 Å². The first-order valence-electron chi connectivity index (χ1n) is 12.6. The Morgan fingerprint density at radius 3 is 2.23 bits per heavy atom. The van der Waals surface area contributed by atoms with Gasteiger partial charge in [0.2, 0.25) is 0 Å². The van der Waals surface area contributed by atoms with Gasteiger partial charge in [0.1, 0.15) is 48.1 Å². The summed E-state index contributed by atoms with van der Waals surface area (Å²) in [4.78, 5) is 3.79. The first-order chi connectivity index (χ1) is 20.6. The van der Waals surface area contributed by atoms with Crippen molar-refractivity contribution in [3.05, 3.63) is 130 Å². The first-order valence-corrected chi connectivity index (χ1v) is 12.6. The van der Waals surface area contributed by atoms with Gasteiger partial charge in [-0.2, -0.15) is 14.0 Å². The van der Waals surface area contributed by atoms with E-state index in [0.717, 1.165) is 47.1 Å². The Morgan fingerprint density at radius 2 is 1.60 bits per heavy atom. The number of halogens is 5. The highest BCUT2D eigenvalue weighted by molar-refractivity contribution is 5.46. The zero-order valence-corrected chi connectivity index (χ0v) is 22.0. The zero-order chi connectivity index (χ0) is 30.6. The van der Waals surface area contributed by atoms with E-state index in [-0.39, 0.29) is 17.7 Å². The molecule has 0 amide bonds. The normalized spacial score (nSPS) is 13.6. The smallest absolute Gasteiger partial charge is 0.325 e. The predicted molar refractivity (Wildman–Crippen MR) is 142 cm³/mol. The molecule has 1 aliphatic rings. The average molecular weight is 589 g/mol. The Morgan fingerprint density at radius 1 is 0.884 bits per heavy atom. The molecular formula is C31H19F5N5O2+.